The van der Waals surface area contributed by atoms with Crippen LogP contribution in [0.25, 0.3) is 0 Å². The Morgan fingerprint density at radius 1 is 1.62 bits per heavy atom. The SMILES string of the molecule is Cl.NN1C=NC=CN1. The molecule has 1 aliphatic rings. The molecule has 5 heteroatoms. The van der Waals surface area contributed by atoms with Crippen LogP contribution in [0.3, 0.4) is 0 Å². The van der Waals surface area contributed by atoms with E-state index in [1.165, 1.54) is 11.5 Å². The van der Waals surface area contributed by atoms with E-state index in [-0.39, 0.29) is 12.4 Å². The molecular formula is C3H7ClN4. The normalized spacial score (nSPS) is 14.9. The third-order valence-electron chi connectivity index (χ3n) is 0.575. The Morgan fingerprint density at radius 2 is 2.38 bits per heavy atom. The van der Waals surface area contributed by atoms with Crippen molar-refractivity contribution in [3.8, 4) is 0 Å². The van der Waals surface area contributed by atoms with Crippen molar-refractivity contribution in [3.05, 3.63) is 12.4 Å². The number of hydrogen-bond acceptors (Lipinski definition) is 4. The molecule has 0 saturated carbocycles. The van der Waals surface area contributed by atoms with Crippen LogP contribution in [0.4, 0.5) is 0 Å². The second kappa shape index (κ2) is 3.29. The molecular weight excluding hydrogens is 128 g/mol. The molecule has 0 spiro atoms. The van der Waals surface area contributed by atoms with Gasteiger partial charge in [-0.25, -0.2) is 16.0 Å². The zero-order valence-corrected chi connectivity index (χ0v) is 4.93. The molecule has 0 amide bonds. The summed E-state index contributed by atoms with van der Waals surface area (Å²) in [4.78, 5) is 3.69. The first-order valence-corrected chi connectivity index (χ1v) is 1.88. The number of rotatable bonds is 0. The summed E-state index contributed by atoms with van der Waals surface area (Å²) in [7, 11) is 0. The van der Waals surface area contributed by atoms with E-state index in [1.807, 2.05) is 0 Å². The molecule has 0 radical (unpaired) electrons. The molecule has 1 heterocycles. The Bertz CT molecular complexity index is 110. The topological polar surface area (TPSA) is 53.6 Å². The number of aliphatic imine (C=N–C) groups is 1. The van der Waals surface area contributed by atoms with Gasteiger partial charge in [-0.2, -0.15) is 0 Å². The summed E-state index contributed by atoms with van der Waals surface area (Å²) in [6.45, 7) is 0. The molecule has 0 aromatic heterocycles. The van der Waals surface area contributed by atoms with Crippen molar-refractivity contribution in [3.63, 3.8) is 0 Å². The number of hydrazine groups is 2. The molecule has 0 unspecified atom stereocenters. The van der Waals surface area contributed by atoms with Gasteiger partial charge in [0.15, 0.2) is 0 Å². The lowest BCUT2D eigenvalue weighted by atomic mass is 10.9. The maximum atomic E-state index is 5.16. The van der Waals surface area contributed by atoms with Crippen molar-refractivity contribution >= 4 is 18.7 Å². The van der Waals surface area contributed by atoms with Crippen molar-refractivity contribution in [2.75, 3.05) is 0 Å². The standard InChI is InChI=1S/C3H6N4.ClH/c4-7-3-5-1-2-6-7;/h1-3,6H,4H2;1H. The fourth-order valence-electron chi connectivity index (χ4n) is 0.306. The molecule has 1 aliphatic heterocycles. The van der Waals surface area contributed by atoms with Crippen LogP contribution < -0.4 is 11.3 Å². The monoisotopic (exact) mass is 134 g/mol. The smallest absolute Gasteiger partial charge is 0.127 e. The highest BCUT2D eigenvalue weighted by molar-refractivity contribution is 5.85. The van der Waals surface area contributed by atoms with E-state index in [2.05, 4.69) is 10.4 Å². The van der Waals surface area contributed by atoms with Crippen LogP contribution in [0.2, 0.25) is 0 Å². The van der Waals surface area contributed by atoms with Gasteiger partial charge in [0.2, 0.25) is 0 Å². The summed E-state index contributed by atoms with van der Waals surface area (Å²) in [5.41, 5.74) is 2.66. The van der Waals surface area contributed by atoms with Crippen molar-refractivity contribution < 1.29 is 0 Å². The number of hydrogen-bond donors (Lipinski definition) is 2. The first-order valence-electron chi connectivity index (χ1n) is 1.88. The largest absolute Gasteiger partial charge is 0.289 e. The van der Waals surface area contributed by atoms with Crippen molar-refractivity contribution in [1.82, 2.24) is 10.5 Å². The van der Waals surface area contributed by atoms with E-state index in [9.17, 15) is 0 Å². The van der Waals surface area contributed by atoms with Gasteiger partial charge in [0.25, 0.3) is 0 Å². The third kappa shape index (κ3) is 1.81. The van der Waals surface area contributed by atoms with Crippen LogP contribution in [-0.4, -0.2) is 11.5 Å². The Morgan fingerprint density at radius 3 is 2.62 bits per heavy atom. The fraction of sp³-hybridized carbons (Fsp3) is 0. The molecule has 0 aromatic rings. The van der Waals surface area contributed by atoms with Crippen molar-refractivity contribution in [2.24, 2.45) is 10.8 Å². The van der Waals surface area contributed by atoms with Gasteiger partial charge in [0.05, 0.1) is 0 Å². The molecule has 1 rings (SSSR count). The first kappa shape index (κ1) is 7.26. The quantitative estimate of drug-likeness (QED) is 0.444. The zero-order valence-electron chi connectivity index (χ0n) is 4.11. The minimum atomic E-state index is 0. The minimum Gasteiger partial charge on any atom is -0.289 e. The van der Waals surface area contributed by atoms with Gasteiger partial charge < -0.3 is 0 Å². The van der Waals surface area contributed by atoms with Gasteiger partial charge in [-0.1, -0.05) is 0 Å². The van der Waals surface area contributed by atoms with Gasteiger partial charge in [0.1, 0.15) is 6.34 Å². The molecule has 3 N–H and O–H groups in total. The van der Waals surface area contributed by atoms with Crippen LogP contribution in [0.15, 0.2) is 17.4 Å². The number of nitrogens with one attached hydrogen (secondary N) is 1. The van der Waals surface area contributed by atoms with Crippen LogP contribution in [-0.2, 0) is 0 Å². The number of nitrogens with two attached hydrogens (primary N) is 1. The van der Waals surface area contributed by atoms with E-state index >= 15 is 0 Å². The predicted octanol–water partition coefficient (Wildman–Crippen LogP) is -0.398. The van der Waals surface area contributed by atoms with E-state index in [4.69, 9.17) is 5.84 Å². The average Bonchev–Trinajstić information content (AvgIpc) is 1.69. The summed E-state index contributed by atoms with van der Waals surface area (Å²) in [5, 5.41) is 1.26. The highest BCUT2D eigenvalue weighted by atomic mass is 35.5. The highest BCUT2D eigenvalue weighted by Gasteiger charge is 1.85. The Kier molecular flexibility index (Phi) is 2.98. The van der Waals surface area contributed by atoms with E-state index in [0.29, 0.717) is 0 Å². The lowest BCUT2D eigenvalue weighted by Crippen LogP contribution is -2.40. The van der Waals surface area contributed by atoms with Crippen LogP contribution in [0.1, 0.15) is 0 Å². The highest BCUT2D eigenvalue weighted by Crippen LogP contribution is 1.76. The first-order chi connectivity index (χ1) is 3.39. The summed E-state index contributed by atoms with van der Waals surface area (Å²) in [6.07, 6.45) is 4.73. The molecule has 0 saturated heterocycles. The summed E-state index contributed by atoms with van der Waals surface area (Å²) < 4.78 is 0. The van der Waals surface area contributed by atoms with E-state index in [1.54, 1.807) is 12.4 Å². The average molecular weight is 135 g/mol. The second-order valence-electron chi connectivity index (χ2n) is 1.12. The van der Waals surface area contributed by atoms with Gasteiger partial charge in [-0.05, 0) is 0 Å². The Hall–Kier alpha value is -0.740. The van der Waals surface area contributed by atoms with Gasteiger partial charge in [-0.3, -0.25) is 5.43 Å². The zero-order chi connectivity index (χ0) is 5.11. The molecule has 0 aromatic carbocycles. The maximum Gasteiger partial charge on any atom is 0.127 e. The maximum absolute atomic E-state index is 5.16. The lowest BCUT2D eigenvalue weighted by Gasteiger charge is -2.12. The van der Waals surface area contributed by atoms with Gasteiger partial charge >= 0.3 is 0 Å². The summed E-state index contributed by atoms with van der Waals surface area (Å²) >= 11 is 0. The molecule has 0 aliphatic carbocycles. The Balaban J connectivity index is 0.000000490. The third-order valence-corrected chi connectivity index (χ3v) is 0.575. The molecule has 0 fully saturated rings. The lowest BCUT2D eigenvalue weighted by molar-refractivity contribution is 0.380. The van der Waals surface area contributed by atoms with Crippen molar-refractivity contribution in [2.45, 2.75) is 0 Å². The second-order valence-corrected chi connectivity index (χ2v) is 1.12. The predicted molar refractivity (Wildman–Crippen MR) is 34.0 cm³/mol. The van der Waals surface area contributed by atoms with E-state index in [0.717, 1.165) is 0 Å². The summed E-state index contributed by atoms with van der Waals surface area (Å²) in [6, 6.07) is 0. The number of halogens is 1. The van der Waals surface area contributed by atoms with Crippen LogP contribution in [0, 0.1) is 0 Å². The summed E-state index contributed by atoms with van der Waals surface area (Å²) in [5.74, 6) is 5.16. The van der Waals surface area contributed by atoms with Crippen LogP contribution >= 0.6 is 12.4 Å². The molecule has 0 atom stereocenters. The van der Waals surface area contributed by atoms with Gasteiger partial charge in [0, 0.05) is 12.4 Å². The molecule has 46 valence electrons. The molecule has 0 bridgehead atoms. The minimum absolute atomic E-state index is 0. The van der Waals surface area contributed by atoms with Crippen LogP contribution in [0.5, 0.6) is 0 Å². The molecule has 8 heavy (non-hydrogen) atoms. The number of nitrogens with zero attached hydrogens (tertiary/aromatic N) is 2. The van der Waals surface area contributed by atoms with E-state index < -0.39 is 0 Å². The molecule has 4 nitrogen and oxygen atoms in total. The van der Waals surface area contributed by atoms with Gasteiger partial charge in [-0.15, -0.1) is 12.4 Å². The fourth-order valence-corrected chi connectivity index (χ4v) is 0.306. The van der Waals surface area contributed by atoms with Crippen molar-refractivity contribution in [1.29, 1.82) is 0 Å². The Labute approximate surface area is 53.4 Å².